The number of ether oxygens (including phenoxy) is 1. The number of aromatic nitrogens is 3. The van der Waals surface area contributed by atoms with E-state index in [4.69, 9.17) is 4.74 Å². The fraction of sp³-hybridized carbons (Fsp3) is 0.500. The van der Waals surface area contributed by atoms with Gasteiger partial charge in [-0.05, 0) is 33.1 Å². The minimum absolute atomic E-state index is 0.0626. The second-order valence-corrected chi connectivity index (χ2v) is 5.64. The van der Waals surface area contributed by atoms with Crippen LogP contribution in [-0.2, 0) is 4.74 Å². The number of nitrogens with one attached hydrogen (secondary N) is 1. The molecule has 1 atom stereocenters. The van der Waals surface area contributed by atoms with E-state index in [1.54, 1.807) is 7.11 Å². The SMILES string of the molecule is CO[C@H](C)c1cc2cnc(SC)nc2c(NC(C)C)n1. The monoisotopic (exact) mass is 292 g/mol. The van der Waals surface area contributed by atoms with Gasteiger partial charge in [0.15, 0.2) is 11.0 Å². The van der Waals surface area contributed by atoms with Gasteiger partial charge < -0.3 is 10.1 Å². The van der Waals surface area contributed by atoms with Crippen LogP contribution in [0.2, 0.25) is 0 Å². The topological polar surface area (TPSA) is 59.9 Å². The van der Waals surface area contributed by atoms with Crippen molar-refractivity contribution in [3.63, 3.8) is 0 Å². The fourth-order valence-corrected chi connectivity index (χ4v) is 2.19. The van der Waals surface area contributed by atoms with Gasteiger partial charge in [0.25, 0.3) is 0 Å². The Labute approximate surface area is 123 Å². The molecule has 2 rings (SSSR count). The summed E-state index contributed by atoms with van der Waals surface area (Å²) in [6, 6.07) is 2.27. The van der Waals surface area contributed by atoms with Gasteiger partial charge in [-0.3, -0.25) is 0 Å². The second-order valence-electron chi connectivity index (χ2n) is 4.87. The molecule has 0 fully saturated rings. The zero-order valence-electron chi connectivity index (χ0n) is 12.5. The fourth-order valence-electron chi connectivity index (χ4n) is 1.85. The normalized spacial score (nSPS) is 12.9. The quantitative estimate of drug-likeness (QED) is 0.674. The van der Waals surface area contributed by atoms with Gasteiger partial charge in [-0.15, -0.1) is 0 Å². The molecule has 0 radical (unpaired) electrons. The minimum Gasteiger partial charge on any atom is -0.375 e. The molecule has 1 N–H and O–H groups in total. The molecule has 0 saturated carbocycles. The molecule has 5 nitrogen and oxygen atoms in total. The first kappa shape index (κ1) is 15.0. The summed E-state index contributed by atoms with van der Waals surface area (Å²) in [4.78, 5) is 13.5. The Hall–Kier alpha value is -1.40. The molecule has 0 saturated heterocycles. The number of rotatable bonds is 5. The smallest absolute Gasteiger partial charge is 0.187 e. The first-order chi connectivity index (χ1) is 9.55. The Balaban J connectivity index is 2.61. The van der Waals surface area contributed by atoms with E-state index in [0.717, 1.165) is 27.6 Å². The van der Waals surface area contributed by atoms with Gasteiger partial charge >= 0.3 is 0 Å². The van der Waals surface area contributed by atoms with Crippen LogP contribution in [0.15, 0.2) is 17.4 Å². The number of hydrogen-bond donors (Lipinski definition) is 1. The van der Waals surface area contributed by atoms with Crippen LogP contribution in [-0.4, -0.2) is 34.4 Å². The van der Waals surface area contributed by atoms with E-state index in [0.29, 0.717) is 0 Å². The van der Waals surface area contributed by atoms with Crippen LogP contribution >= 0.6 is 11.8 Å². The summed E-state index contributed by atoms with van der Waals surface area (Å²) in [6.45, 7) is 6.14. The maximum absolute atomic E-state index is 5.35. The van der Waals surface area contributed by atoms with Crippen molar-refractivity contribution in [1.29, 1.82) is 0 Å². The van der Waals surface area contributed by atoms with Crippen molar-refractivity contribution in [2.45, 2.75) is 38.1 Å². The zero-order chi connectivity index (χ0) is 14.7. The molecule has 0 bridgehead atoms. The van der Waals surface area contributed by atoms with Crippen LogP contribution < -0.4 is 5.32 Å². The van der Waals surface area contributed by atoms with Crippen molar-refractivity contribution in [2.75, 3.05) is 18.7 Å². The number of nitrogens with zero attached hydrogens (tertiary/aromatic N) is 3. The van der Waals surface area contributed by atoms with Crippen molar-refractivity contribution in [2.24, 2.45) is 0 Å². The Morgan fingerprint density at radius 1 is 1.25 bits per heavy atom. The molecule has 0 unspecified atom stereocenters. The lowest BCUT2D eigenvalue weighted by atomic mass is 10.2. The van der Waals surface area contributed by atoms with E-state index in [9.17, 15) is 0 Å². The Morgan fingerprint density at radius 3 is 2.60 bits per heavy atom. The average Bonchev–Trinajstić information content (AvgIpc) is 2.45. The average molecular weight is 292 g/mol. The van der Waals surface area contributed by atoms with Crippen molar-refractivity contribution in [1.82, 2.24) is 15.0 Å². The summed E-state index contributed by atoms with van der Waals surface area (Å²) >= 11 is 1.52. The molecule has 0 spiro atoms. The molecule has 20 heavy (non-hydrogen) atoms. The summed E-state index contributed by atoms with van der Waals surface area (Å²) < 4.78 is 5.35. The highest BCUT2D eigenvalue weighted by Gasteiger charge is 2.13. The highest BCUT2D eigenvalue weighted by atomic mass is 32.2. The first-order valence-electron chi connectivity index (χ1n) is 6.56. The molecule has 0 aromatic carbocycles. The van der Waals surface area contributed by atoms with Gasteiger partial charge in [-0.1, -0.05) is 11.8 Å². The van der Waals surface area contributed by atoms with Crippen LogP contribution in [0.25, 0.3) is 10.9 Å². The van der Waals surface area contributed by atoms with E-state index in [2.05, 4.69) is 34.1 Å². The van der Waals surface area contributed by atoms with E-state index >= 15 is 0 Å². The molecular formula is C14H20N4OS. The molecule has 0 aliphatic rings. The molecule has 2 aromatic heterocycles. The minimum atomic E-state index is -0.0626. The number of thioether (sulfide) groups is 1. The number of methoxy groups -OCH3 is 1. The Kier molecular flexibility index (Phi) is 4.77. The predicted octanol–water partition coefficient (Wildman–Crippen LogP) is 3.27. The van der Waals surface area contributed by atoms with Gasteiger partial charge in [-0.25, -0.2) is 15.0 Å². The predicted molar refractivity (Wildman–Crippen MR) is 83.3 cm³/mol. The molecule has 6 heteroatoms. The number of anilines is 1. The van der Waals surface area contributed by atoms with Gasteiger partial charge in [0.2, 0.25) is 0 Å². The van der Waals surface area contributed by atoms with Gasteiger partial charge in [-0.2, -0.15) is 0 Å². The van der Waals surface area contributed by atoms with E-state index in [1.165, 1.54) is 11.8 Å². The molecule has 0 aliphatic carbocycles. The third-order valence-corrected chi connectivity index (χ3v) is 3.50. The third-order valence-electron chi connectivity index (χ3n) is 2.94. The highest BCUT2D eigenvalue weighted by molar-refractivity contribution is 7.98. The van der Waals surface area contributed by atoms with Crippen molar-refractivity contribution >= 4 is 28.5 Å². The van der Waals surface area contributed by atoms with E-state index in [-0.39, 0.29) is 12.1 Å². The van der Waals surface area contributed by atoms with Crippen LogP contribution in [0, 0.1) is 0 Å². The lowest BCUT2D eigenvalue weighted by Gasteiger charge is -2.15. The summed E-state index contributed by atoms with van der Waals surface area (Å²) in [5, 5.41) is 5.07. The van der Waals surface area contributed by atoms with Crippen LogP contribution in [0.4, 0.5) is 5.82 Å². The van der Waals surface area contributed by atoms with Crippen LogP contribution in [0.3, 0.4) is 0 Å². The van der Waals surface area contributed by atoms with Gasteiger partial charge in [0.05, 0.1) is 11.8 Å². The number of fused-ring (bicyclic) bond motifs is 1. The molecule has 0 aliphatic heterocycles. The van der Waals surface area contributed by atoms with Gasteiger partial charge in [0, 0.05) is 24.7 Å². The van der Waals surface area contributed by atoms with Crippen LogP contribution in [0.1, 0.15) is 32.6 Å². The maximum Gasteiger partial charge on any atom is 0.187 e. The van der Waals surface area contributed by atoms with Gasteiger partial charge in [0.1, 0.15) is 5.52 Å². The van der Waals surface area contributed by atoms with Crippen molar-refractivity contribution < 1.29 is 4.74 Å². The standard InChI is InChI=1S/C14H20N4OS/c1-8(2)16-13-12-10(7-15-14(18-12)20-5)6-11(17-13)9(3)19-4/h6-9H,1-5H3,(H,16,17)/t9-/m1/s1. The molecule has 2 aromatic rings. The highest BCUT2D eigenvalue weighted by Crippen LogP contribution is 2.26. The Bertz CT molecular complexity index is 603. The van der Waals surface area contributed by atoms with Crippen LogP contribution in [0.5, 0.6) is 0 Å². The molecule has 2 heterocycles. The first-order valence-corrected chi connectivity index (χ1v) is 7.78. The molecule has 0 amide bonds. The number of hydrogen-bond acceptors (Lipinski definition) is 6. The molecular weight excluding hydrogens is 272 g/mol. The summed E-state index contributed by atoms with van der Waals surface area (Å²) in [7, 11) is 1.68. The largest absolute Gasteiger partial charge is 0.375 e. The van der Waals surface area contributed by atoms with E-state index in [1.807, 2.05) is 25.4 Å². The maximum atomic E-state index is 5.35. The van der Waals surface area contributed by atoms with Crippen molar-refractivity contribution in [3.8, 4) is 0 Å². The second kappa shape index (κ2) is 6.37. The lowest BCUT2D eigenvalue weighted by Crippen LogP contribution is -2.13. The Morgan fingerprint density at radius 2 is 2.00 bits per heavy atom. The lowest BCUT2D eigenvalue weighted by molar-refractivity contribution is 0.116. The van der Waals surface area contributed by atoms with Crippen molar-refractivity contribution in [3.05, 3.63) is 18.0 Å². The molecule has 108 valence electrons. The summed E-state index contributed by atoms with van der Waals surface area (Å²) in [6.07, 6.45) is 3.74. The third kappa shape index (κ3) is 3.19. The zero-order valence-corrected chi connectivity index (χ0v) is 13.3. The summed E-state index contributed by atoms with van der Waals surface area (Å²) in [5.41, 5.74) is 1.73. The summed E-state index contributed by atoms with van der Waals surface area (Å²) in [5.74, 6) is 0.786. The van der Waals surface area contributed by atoms with E-state index < -0.39 is 0 Å². The number of pyridine rings is 1.